The maximum atomic E-state index is 2.44. The molecule has 0 N–H and O–H groups in total. The first-order chi connectivity index (χ1) is 9.81. The Bertz CT molecular complexity index is 310. The van der Waals surface area contributed by atoms with Gasteiger partial charge in [0.1, 0.15) is 0 Å². The van der Waals surface area contributed by atoms with Crippen LogP contribution in [-0.2, 0) is 0 Å². The molecule has 2 fully saturated rings. The van der Waals surface area contributed by atoms with Crippen LogP contribution < -0.4 is 0 Å². The predicted octanol–water partition coefficient (Wildman–Crippen LogP) is 2.93. The van der Waals surface area contributed by atoms with Crippen LogP contribution in [0.4, 0.5) is 0 Å². The number of nitrogens with zero attached hydrogens (tertiary/aromatic N) is 3. The van der Waals surface area contributed by atoms with E-state index in [0.29, 0.717) is 6.04 Å². The fraction of sp³-hybridized carbons (Fsp3) is 0.889. The minimum absolute atomic E-state index is 0.667. The van der Waals surface area contributed by atoms with E-state index in [-0.39, 0.29) is 0 Å². The molecule has 3 aliphatic heterocycles. The van der Waals surface area contributed by atoms with Crippen molar-refractivity contribution in [2.24, 2.45) is 5.92 Å². The van der Waals surface area contributed by atoms with Gasteiger partial charge in [0.15, 0.2) is 0 Å². The van der Waals surface area contributed by atoms with E-state index in [0.717, 1.165) is 24.5 Å². The number of likely N-dealkylation sites (N-methyl/N-ethyl adjacent to an activating group) is 2. The average molecular weight is 296 g/mol. The number of rotatable bonds is 0. The second-order valence-corrected chi connectivity index (χ2v) is 7.36. The lowest BCUT2D eigenvalue weighted by Crippen LogP contribution is -2.36. The first-order valence-corrected chi connectivity index (χ1v) is 8.58. The quantitative estimate of drug-likeness (QED) is 0.502. The summed E-state index contributed by atoms with van der Waals surface area (Å²) in [7, 11) is 6.48. The minimum Gasteiger partial charge on any atom is -0.304 e. The fourth-order valence-corrected chi connectivity index (χ4v) is 2.63. The molecule has 5 atom stereocenters. The lowest BCUT2D eigenvalue weighted by molar-refractivity contribution is 0.162. The summed E-state index contributed by atoms with van der Waals surface area (Å²) in [6, 6.07) is 2.36. The summed E-state index contributed by atoms with van der Waals surface area (Å²) in [6.45, 7) is 12.8. The van der Waals surface area contributed by atoms with E-state index >= 15 is 0 Å². The molecule has 0 radical (unpaired) electrons. The van der Waals surface area contributed by atoms with Gasteiger partial charge in [-0.15, -0.1) is 0 Å². The van der Waals surface area contributed by atoms with Crippen molar-refractivity contribution >= 4 is 0 Å². The molecule has 0 aromatic carbocycles. The third kappa shape index (κ3) is 7.44. The Labute approximate surface area is 133 Å². The van der Waals surface area contributed by atoms with Crippen LogP contribution in [0.5, 0.6) is 0 Å². The lowest BCUT2D eigenvalue weighted by Gasteiger charge is -2.33. The SMILES string of the molecule is CC1C=CCN1C.CC1CCN(C)C(C)C1.CC1CN1C. The van der Waals surface area contributed by atoms with Gasteiger partial charge < -0.3 is 9.80 Å². The Morgan fingerprint density at radius 3 is 1.67 bits per heavy atom. The maximum Gasteiger partial charge on any atom is 0.0250 e. The minimum atomic E-state index is 0.667. The van der Waals surface area contributed by atoms with Crippen LogP contribution in [0.3, 0.4) is 0 Å². The molecule has 3 aliphatic rings. The van der Waals surface area contributed by atoms with E-state index in [2.05, 4.69) is 75.7 Å². The van der Waals surface area contributed by atoms with E-state index in [9.17, 15) is 0 Å². The molecule has 3 nitrogen and oxygen atoms in total. The Hall–Kier alpha value is -0.380. The Kier molecular flexibility index (Phi) is 7.93. The molecule has 3 heteroatoms. The molecule has 0 aromatic rings. The summed E-state index contributed by atoms with van der Waals surface area (Å²) in [4.78, 5) is 7.03. The van der Waals surface area contributed by atoms with Crippen LogP contribution >= 0.6 is 0 Å². The Morgan fingerprint density at radius 1 is 0.857 bits per heavy atom. The summed E-state index contributed by atoms with van der Waals surface area (Å²) in [5, 5.41) is 0. The number of hydrogen-bond donors (Lipinski definition) is 0. The van der Waals surface area contributed by atoms with Gasteiger partial charge in [-0.25, -0.2) is 0 Å². The predicted molar refractivity (Wildman–Crippen MR) is 93.8 cm³/mol. The van der Waals surface area contributed by atoms with Crippen molar-refractivity contribution in [3.63, 3.8) is 0 Å². The highest BCUT2D eigenvalue weighted by molar-refractivity contribution is 5.00. The fourth-order valence-electron chi connectivity index (χ4n) is 2.63. The topological polar surface area (TPSA) is 9.49 Å². The van der Waals surface area contributed by atoms with Gasteiger partial charge in [0.2, 0.25) is 0 Å². The molecule has 2 saturated heterocycles. The van der Waals surface area contributed by atoms with E-state index in [4.69, 9.17) is 0 Å². The van der Waals surface area contributed by atoms with Gasteiger partial charge in [-0.1, -0.05) is 19.1 Å². The lowest BCUT2D eigenvalue weighted by atomic mass is 9.94. The maximum absolute atomic E-state index is 2.44. The van der Waals surface area contributed by atoms with E-state index < -0.39 is 0 Å². The normalized spacial score (nSPS) is 39.1. The molecule has 0 spiro atoms. The molecule has 124 valence electrons. The van der Waals surface area contributed by atoms with Gasteiger partial charge in [0.25, 0.3) is 0 Å². The van der Waals surface area contributed by atoms with E-state index in [1.807, 2.05) is 0 Å². The molecule has 5 unspecified atom stereocenters. The zero-order chi connectivity index (χ0) is 16.0. The Balaban J connectivity index is 0.000000164. The molecule has 0 amide bonds. The van der Waals surface area contributed by atoms with Crippen molar-refractivity contribution in [3.8, 4) is 0 Å². The monoisotopic (exact) mass is 295 g/mol. The zero-order valence-electron chi connectivity index (χ0n) is 15.3. The Morgan fingerprint density at radius 2 is 1.43 bits per heavy atom. The number of hydrogen-bond acceptors (Lipinski definition) is 3. The van der Waals surface area contributed by atoms with Gasteiger partial charge in [0.05, 0.1) is 0 Å². The smallest absolute Gasteiger partial charge is 0.0250 e. The molecule has 3 rings (SSSR count). The van der Waals surface area contributed by atoms with Gasteiger partial charge in [-0.2, -0.15) is 0 Å². The second kappa shape index (κ2) is 8.92. The molecular weight excluding hydrogens is 258 g/mol. The highest BCUT2D eigenvalue weighted by atomic mass is 15.3. The molecule has 0 bridgehead atoms. The van der Waals surface area contributed by atoms with Crippen molar-refractivity contribution in [1.29, 1.82) is 0 Å². The number of likely N-dealkylation sites (tertiary alicyclic amines) is 1. The van der Waals surface area contributed by atoms with Gasteiger partial charge in [-0.3, -0.25) is 4.90 Å². The zero-order valence-corrected chi connectivity index (χ0v) is 15.3. The molecule has 0 aromatic heterocycles. The molecule has 0 aliphatic carbocycles. The first kappa shape index (κ1) is 18.7. The average Bonchev–Trinajstić information content (AvgIpc) is 2.93. The third-order valence-corrected chi connectivity index (χ3v) is 5.14. The standard InChI is InChI=1S/C8H17N.C6H11N.C4H9N/c1-7-4-5-9(3)8(2)6-7;1-6-4-3-5-7(6)2;1-4-3-5(4)2/h7-8H,4-6H2,1-3H3;3-4,6H,5H2,1-2H3;4H,3H2,1-2H3. The van der Waals surface area contributed by atoms with Gasteiger partial charge in [-0.05, 0) is 67.2 Å². The van der Waals surface area contributed by atoms with Crippen LogP contribution in [0.1, 0.15) is 40.5 Å². The third-order valence-electron chi connectivity index (χ3n) is 5.14. The van der Waals surface area contributed by atoms with Gasteiger partial charge >= 0.3 is 0 Å². The van der Waals surface area contributed by atoms with Crippen LogP contribution in [-0.4, -0.2) is 73.6 Å². The largest absolute Gasteiger partial charge is 0.304 e. The van der Waals surface area contributed by atoms with E-state index in [1.165, 1.54) is 25.9 Å². The van der Waals surface area contributed by atoms with Crippen LogP contribution in [0, 0.1) is 5.92 Å². The molecule has 21 heavy (non-hydrogen) atoms. The summed E-state index contributed by atoms with van der Waals surface area (Å²) >= 11 is 0. The number of piperidine rings is 1. The van der Waals surface area contributed by atoms with Crippen LogP contribution in [0.15, 0.2) is 12.2 Å². The highest BCUT2D eigenvalue weighted by Crippen LogP contribution is 2.19. The summed E-state index contributed by atoms with van der Waals surface area (Å²) in [6.07, 6.45) is 7.20. The van der Waals surface area contributed by atoms with Crippen molar-refractivity contribution in [3.05, 3.63) is 12.2 Å². The molecular formula is C18H37N3. The van der Waals surface area contributed by atoms with Gasteiger partial charge in [0, 0.05) is 31.2 Å². The van der Waals surface area contributed by atoms with Crippen LogP contribution in [0.25, 0.3) is 0 Å². The van der Waals surface area contributed by atoms with Crippen molar-refractivity contribution in [2.75, 3.05) is 40.8 Å². The first-order valence-electron chi connectivity index (χ1n) is 8.58. The van der Waals surface area contributed by atoms with Crippen molar-refractivity contribution < 1.29 is 0 Å². The summed E-state index contributed by atoms with van der Waals surface area (Å²) in [5.41, 5.74) is 0. The van der Waals surface area contributed by atoms with Crippen molar-refractivity contribution in [2.45, 2.75) is 58.7 Å². The molecule has 3 heterocycles. The van der Waals surface area contributed by atoms with E-state index in [1.54, 1.807) is 0 Å². The van der Waals surface area contributed by atoms with Crippen molar-refractivity contribution in [1.82, 2.24) is 14.7 Å². The highest BCUT2D eigenvalue weighted by Gasteiger charge is 2.22. The van der Waals surface area contributed by atoms with Crippen LogP contribution in [0.2, 0.25) is 0 Å². The summed E-state index contributed by atoms with van der Waals surface area (Å²) in [5.74, 6) is 0.955. The summed E-state index contributed by atoms with van der Waals surface area (Å²) < 4.78 is 0. The molecule has 0 saturated carbocycles. The second-order valence-electron chi connectivity index (χ2n) is 7.36.